The van der Waals surface area contributed by atoms with E-state index in [4.69, 9.17) is 12.2 Å². The van der Waals surface area contributed by atoms with Crippen molar-refractivity contribution in [3.05, 3.63) is 35.4 Å². The van der Waals surface area contributed by atoms with Crippen LogP contribution >= 0.6 is 23.5 Å². The Morgan fingerprint density at radius 3 is 2.20 bits per heavy atom. The maximum absolute atomic E-state index is 13.7. The first-order chi connectivity index (χ1) is 21.3. The second kappa shape index (κ2) is 19.3. The second-order valence-corrected chi connectivity index (χ2v) is 13.9. The molecule has 0 aromatic heterocycles. The van der Waals surface area contributed by atoms with E-state index >= 15 is 0 Å². The van der Waals surface area contributed by atoms with Crippen molar-refractivity contribution in [2.24, 2.45) is 23.5 Å². The van der Waals surface area contributed by atoms with Crippen LogP contribution < -0.4 is 21.7 Å². The number of rotatable bonds is 9. The fraction of sp³-hybridized carbons (Fsp3) is 0.576. The van der Waals surface area contributed by atoms with Gasteiger partial charge >= 0.3 is 0 Å². The molecular weight excluding hydrogens is 613 g/mol. The Morgan fingerprint density at radius 2 is 1.62 bits per heavy atom. The minimum atomic E-state index is -1.25. The number of amides is 4. The third kappa shape index (κ3) is 13.3. The Labute approximate surface area is 274 Å². The summed E-state index contributed by atoms with van der Waals surface area (Å²) < 4.78 is 0. The van der Waals surface area contributed by atoms with Gasteiger partial charge in [0.05, 0.1) is 24.4 Å². The molecule has 1 aliphatic rings. The van der Waals surface area contributed by atoms with E-state index in [9.17, 15) is 28.8 Å². The van der Waals surface area contributed by atoms with Gasteiger partial charge in [0.15, 0.2) is 11.6 Å². The quantitative estimate of drug-likeness (QED) is 0.294. The van der Waals surface area contributed by atoms with Crippen molar-refractivity contribution in [3.63, 3.8) is 0 Å². The van der Waals surface area contributed by atoms with Crippen LogP contribution in [0.3, 0.4) is 0 Å². The standard InChI is InChI=1S/C33H46N4O6S2/c1-6-7-12-30(41)37-31(20(2)3)28(39)14-25-19-45-18-24-11-9-8-10-23(24)17-44-16-22(5)35-32(42)21(4)13-27(38)26(15-29(34)40)36-33(25)43/h1,8-11,20-22,25-26,31H,7,12-19H2,2-5H3,(H2,34,40)(H,35,42)(H,36,43)(H,37,41)/t21-,22+,25-,26+,31+/m1/s1. The van der Waals surface area contributed by atoms with E-state index in [1.165, 1.54) is 11.8 Å². The molecule has 12 heteroatoms. The van der Waals surface area contributed by atoms with E-state index in [0.717, 1.165) is 16.9 Å². The second-order valence-electron chi connectivity index (χ2n) is 11.9. The van der Waals surface area contributed by atoms with E-state index < -0.39 is 47.9 Å². The summed E-state index contributed by atoms with van der Waals surface area (Å²) in [5, 5.41) is 8.35. The lowest BCUT2D eigenvalue weighted by molar-refractivity contribution is -0.135. The summed E-state index contributed by atoms with van der Waals surface area (Å²) in [4.78, 5) is 77.6. The van der Waals surface area contributed by atoms with Gasteiger partial charge in [0, 0.05) is 60.7 Å². The number of hydrogen-bond acceptors (Lipinski definition) is 8. The van der Waals surface area contributed by atoms with Gasteiger partial charge in [-0.2, -0.15) is 23.5 Å². The van der Waals surface area contributed by atoms with Gasteiger partial charge < -0.3 is 21.7 Å². The fourth-order valence-corrected chi connectivity index (χ4v) is 7.07. The third-order valence-electron chi connectivity index (χ3n) is 7.42. The van der Waals surface area contributed by atoms with Gasteiger partial charge in [-0.15, -0.1) is 12.3 Å². The number of carbonyl (C=O) groups excluding carboxylic acids is 6. The summed E-state index contributed by atoms with van der Waals surface area (Å²) in [7, 11) is 0. The van der Waals surface area contributed by atoms with E-state index in [0.29, 0.717) is 11.5 Å². The number of primary amides is 1. The molecular formula is C33H46N4O6S2. The fourth-order valence-electron chi connectivity index (χ4n) is 4.84. The Balaban J connectivity index is 2.38. The SMILES string of the molecule is C#CCCC(=O)N[C@H](C(=O)C[C@@H]1CSCc2ccccc2CSC[C@H](C)NC(=O)[C@H](C)CC(=O)[C@H](CC(N)=O)NC1=O)C(C)C. The van der Waals surface area contributed by atoms with Crippen LogP contribution in [0.2, 0.25) is 0 Å². The highest BCUT2D eigenvalue weighted by atomic mass is 32.2. The predicted molar refractivity (Wildman–Crippen MR) is 179 cm³/mol. The number of fused-ring (bicyclic) bond motifs is 1. The number of carbonyl (C=O) groups is 6. The molecule has 0 unspecified atom stereocenters. The molecule has 0 saturated heterocycles. The van der Waals surface area contributed by atoms with Crippen LogP contribution in [-0.2, 0) is 40.3 Å². The zero-order chi connectivity index (χ0) is 33.5. The van der Waals surface area contributed by atoms with Gasteiger partial charge in [-0.1, -0.05) is 45.0 Å². The zero-order valence-corrected chi connectivity index (χ0v) is 28.2. The molecule has 0 saturated carbocycles. The van der Waals surface area contributed by atoms with Crippen molar-refractivity contribution in [2.75, 3.05) is 11.5 Å². The Kier molecular flexibility index (Phi) is 16.2. The summed E-state index contributed by atoms with van der Waals surface area (Å²) >= 11 is 3.18. The summed E-state index contributed by atoms with van der Waals surface area (Å²) in [6, 6.07) is 5.79. The molecule has 2 rings (SSSR count). The van der Waals surface area contributed by atoms with Crippen LogP contribution in [0.4, 0.5) is 0 Å². The molecule has 5 N–H and O–H groups in total. The number of thioether (sulfide) groups is 2. The zero-order valence-electron chi connectivity index (χ0n) is 26.6. The van der Waals surface area contributed by atoms with Crippen LogP contribution in [0.5, 0.6) is 0 Å². The lowest BCUT2D eigenvalue weighted by Gasteiger charge is -2.25. The number of Topliss-reactive ketones (excluding diaryl/α,β-unsaturated/α-hetero) is 2. The molecule has 1 heterocycles. The molecule has 1 aliphatic heterocycles. The number of terminal acetylenes is 1. The van der Waals surface area contributed by atoms with Crippen molar-refractivity contribution in [3.8, 4) is 12.3 Å². The van der Waals surface area contributed by atoms with E-state index in [2.05, 4.69) is 27.9 Å². The maximum atomic E-state index is 13.7. The average molecular weight is 659 g/mol. The summed E-state index contributed by atoms with van der Waals surface area (Å²) in [5.41, 5.74) is 7.66. The first kappa shape index (κ1) is 37.9. The lowest BCUT2D eigenvalue weighted by Crippen LogP contribution is -2.49. The lowest BCUT2D eigenvalue weighted by atomic mass is 9.92. The van der Waals surface area contributed by atoms with Gasteiger partial charge in [-0.3, -0.25) is 28.8 Å². The molecule has 45 heavy (non-hydrogen) atoms. The highest BCUT2D eigenvalue weighted by Crippen LogP contribution is 2.25. The largest absolute Gasteiger partial charge is 0.370 e. The van der Waals surface area contributed by atoms with E-state index in [1.54, 1.807) is 32.5 Å². The Bertz CT molecular complexity index is 1260. The Hall–Kier alpha value is -3.30. The van der Waals surface area contributed by atoms with Crippen LogP contribution in [-0.4, -0.2) is 64.8 Å². The minimum absolute atomic E-state index is 0.0801. The first-order valence-electron chi connectivity index (χ1n) is 15.2. The molecule has 0 spiro atoms. The van der Waals surface area contributed by atoms with Crippen molar-refractivity contribution >= 4 is 58.7 Å². The number of hydrogen-bond donors (Lipinski definition) is 4. The molecule has 1 aromatic carbocycles. The molecule has 246 valence electrons. The summed E-state index contributed by atoms with van der Waals surface area (Å²) in [5.74, 6) is 0.00845. The van der Waals surface area contributed by atoms with Gasteiger partial charge in [-0.25, -0.2) is 0 Å². The third-order valence-corrected chi connectivity index (χ3v) is 9.82. The Morgan fingerprint density at radius 1 is 1.00 bits per heavy atom. The molecule has 4 amide bonds. The molecule has 0 radical (unpaired) electrons. The van der Waals surface area contributed by atoms with E-state index in [-0.39, 0.29) is 61.0 Å². The number of ketones is 2. The molecule has 0 fully saturated rings. The minimum Gasteiger partial charge on any atom is -0.370 e. The van der Waals surface area contributed by atoms with Gasteiger partial charge in [0.25, 0.3) is 0 Å². The topological polar surface area (TPSA) is 165 Å². The summed E-state index contributed by atoms with van der Waals surface area (Å²) in [6.45, 7) is 7.13. The molecule has 0 aliphatic carbocycles. The average Bonchev–Trinajstić information content (AvgIpc) is 2.97. The normalized spacial score (nSPS) is 22.9. The molecule has 5 atom stereocenters. The molecule has 0 bridgehead atoms. The smallest absolute Gasteiger partial charge is 0.224 e. The molecule has 1 aromatic rings. The highest BCUT2D eigenvalue weighted by Gasteiger charge is 2.33. The predicted octanol–water partition coefficient (Wildman–Crippen LogP) is 2.76. The van der Waals surface area contributed by atoms with Crippen LogP contribution in [0, 0.1) is 30.1 Å². The van der Waals surface area contributed by atoms with Gasteiger partial charge in [0.2, 0.25) is 23.6 Å². The number of benzene rings is 1. The van der Waals surface area contributed by atoms with Crippen molar-refractivity contribution in [2.45, 2.75) is 89.4 Å². The highest BCUT2D eigenvalue weighted by molar-refractivity contribution is 7.98. The van der Waals surface area contributed by atoms with Crippen LogP contribution in [0.15, 0.2) is 24.3 Å². The monoisotopic (exact) mass is 658 g/mol. The van der Waals surface area contributed by atoms with Crippen LogP contribution in [0.25, 0.3) is 0 Å². The first-order valence-corrected chi connectivity index (χ1v) is 17.5. The van der Waals surface area contributed by atoms with Crippen molar-refractivity contribution in [1.29, 1.82) is 0 Å². The number of nitrogens with one attached hydrogen (secondary N) is 3. The molecule has 10 nitrogen and oxygen atoms in total. The maximum Gasteiger partial charge on any atom is 0.224 e. The summed E-state index contributed by atoms with van der Waals surface area (Å²) in [6.07, 6.45) is 4.76. The van der Waals surface area contributed by atoms with Gasteiger partial charge in [-0.05, 0) is 24.0 Å². The van der Waals surface area contributed by atoms with Crippen LogP contribution in [0.1, 0.15) is 70.9 Å². The van der Waals surface area contributed by atoms with Crippen molar-refractivity contribution in [1.82, 2.24) is 16.0 Å². The van der Waals surface area contributed by atoms with E-state index in [1.807, 2.05) is 25.1 Å². The number of nitrogens with two attached hydrogens (primary N) is 1. The van der Waals surface area contributed by atoms with Gasteiger partial charge in [0.1, 0.15) is 0 Å². The van der Waals surface area contributed by atoms with Crippen molar-refractivity contribution < 1.29 is 28.8 Å².